The molecule has 1 aromatic carbocycles. The van der Waals surface area contributed by atoms with E-state index in [9.17, 15) is 46.1 Å². The van der Waals surface area contributed by atoms with Gasteiger partial charge in [0.05, 0.1) is 11.5 Å². The van der Waals surface area contributed by atoms with Gasteiger partial charge < -0.3 is 20.4 Å². The Hall–Kier alpha value is -3.65. The third-order valence-corrected chi connectivity index (χ3v) is 6.58. The van der Waals surface area contributed by atoms with Crippen LogP contribution in [0.3, 0.4) is 0 Å². The Morgan fingerprint density at radius 2 is 1.76 bits per heavy atom. The summed E-state index contributed by atoms with van der Waals surface area (Å²) in [5, 5.41) is 21.5. The quantitative estimate of drug-likeness (QED) is 0.428. The SMILES string of the molecule is O=C(N[C@@H](C1CC1)C(F)(F)F)c1cn(-c2c(F)cc(F)cc2F)c2nc(N3C[C@@H](O)CC3O)ccc2c1=O. The lowest BCUT2D eigenvalue weighted by molar-refractivity contribution is -0.158. The zero-order valence-corrected chi connectivity index (χ0v) is 19.3. The summed E-state index contributed by atoms with van der Waals surface area (Å²) < 4.78 is 84.4. The van der Waals surface area contributed by atoms with Crippen molar-refractivity contribution in [2.45, 2.75) is 43.8 Å². The fraction of sp³-hybridized carbons (Fsp3) is 0.375. The predicted molar refractivity (Wildman–Crippen MR) is 121 cm³/mol. The van der Waals surface area contributed by atoms with Crippen molar-refractivity contribution in [1.82, 2.24) is 14.9 Å². The van der Waals surface area contributed by atoms with E-state index < -0.39 is 76.2 Å². The first kappa shape index (κ1) is 26.0. The number of nitrogens with zero attached hydrogens (tertiary/aromatic N) is 3. The number of carbonyl (C=O) groups is 1. The molecule has 202 valence electrons. The van der Waals surface area contributed by atoms with Crippen molar-refractivity contribution < 1.29 is 41.4 Å². The van der Waals surface area contributed by atoms with Crippen LogP contribution in [0.25, 0.3) is 16.7 Å². The lowest BCUT2D eigenvalue weighted by Crippen LogP contribution is -2.48. The van der Waals surface area contributed by atoms with Crippen LogP contribution in [0.2, 0.25) is 0 Å². The topological polar surface area (TPSA) is 108 Å². The van der Waals surface area contributed by atoms with Crippen molar-refractivity contribution in [3.05, 3.63) is 63.7 Å². The third-order valence-electron chi connectivity index (χ3n) is 6.58. The fourth-order valence-corrected chi connectivity index (χ4v) is 4.61. The Morgan fingerprint density at radius 3 is 2.32 bits per heavy atom. The summed E-state index contributed by atoms with van der Waals surface area (Å²) in [4.78, 5) is 31.6. The number of hydrogen-bond donors (Lipinski definition) is 3. The van der Waals surface area contributed by atoms with Gasteiger partial charge in [-0.1, -0.05) is 0 Å². The van der Waals surface area contributed by atoms with Crippen LogP contribution in [0.5, 0.6) is 0 Å². The van der Waals surface area contributed by atoms with E-state index in [1.165, 1.54) is 11.0 Å². The minimum absolute atomic E-state index is 0.000647. The van der Waals surface area contributed by atoms with Crippen LogP contribution >= 0.6 is 0 Å². The van der Waals surface area contributed by atoms with Crippen LogP contribution in [0.15, 0.2) is 35.3 Å². The lowest BCUT2D eigenvalue weighted by Gasteiger charge is -2.23. The number of hydrogen-bond acceptors (Lipinski definition) is 6. The summed E-state index contributed by atoms with van der Waals surface area (Å²) in [6.45, 7) is -0.0519. The van der Waals surface area contributed by atoms with Crippen molar-refractivity contribution in [1.29, 1.82) is 0 Å². The molecule has 14 heteroatoms. The highest BCUT2D eigenvalue weighted by Crippen LogP contribution is 2.40. The number of rotatable bonds is 5. The number of nitrogens with one attached hydrogen (secondary N) is 1. The summed E-state index contributed by atoms with van der Waals surface area (Å²) in [5.74, 6) is -6.40. The number of aliphatic hydroxyl groups is 2. The Morgan fingerprint density at radius 1 is 1.11 bits per heavy atom. The van der Waals surface area contributed by atoms with Gasteiger partial charge in [0.1, 0.15) is 35.2 Å². The second-order valence-electron chi connectivity index (χ2n) is 9.35. The van der Waals surface area contributed by atoms with E-state index >= 15 is 0 Å². The molecule has 2 fully saturated rings. The largest absolute Gasteiger partial charge is 0.408 e. The number of pyridine rings is 2. The summed E-state index contributed by atoms with van der Waals surface area (Å²) in [7, 11) is 0. The minimum Gasteiger partial charge on any atom is -0.391 e. The van der Waals surface area contributed by atoms with Crippen molar-refractivity contribution in [2.75, 3.05) is 11.4 Å². The molecule has 2 aromatic heterocycles. The van der Waals surface area contributed by atoms with E-state index in [0.29, 0.717) is 22.9 Å². The monoisotopic (exact) mass is 542 g/mol. The van der Waals surface area contributed by atoms with Gasteiger partial charge in [0, 0.05) is 31.3 Å². The minimum atomic E-state index is -4.79. The second-order valence-corrected chi connectivity index (χ2v) is 9.35. The average molecular weight is 542 g/mol. The van der Waals surface area contributed by atoms with Gasteiger partial charge in [0.25, 0.3) is 5.91 Å². The molecule has 3 aromatic rings. The van der Waals surface area contributed by atoms with Crippen molar-refractivity contribution >= 4 is 22.8 Å². The van der Waals surface area contributed by atoms with E-state index in [-0.39, 0.29) is 37.0 Å². The maximum Gasteiger partial charge on any atom is 0.408 e. The first-order valence-corrected chi connectivity index (χ1v) is 11.6. The molecule has 38 heavy (non-hydrogen) atoms. The van der Waals surface area contributed by atoms with E-state index in [0.717, 1.165) is 6.07 Å². The molecular formula is C24H20F6N4O4. The number of fused-ring (bicyclic) bond motifs is 1. The van der Waals surface area contributed by atoms with Crippen LogP contribution in [0.1, 0.15) is 29.6 Å². The van der Waals surface area contributed by atoms with Crippen LogP contribution in [0.4, 0.5) is 32.2 Å². The van der Waals surface area contributed by atoms with Gasteiger partial charge in [0.2, 0.25) is 5.43 Å². The van der Waals surface area contributed by atoms with E-state index in [2.05, 4.69) is 4.98 Å². The number of alkyl halides is 3. The molecule has 0 bridgehead atoms. The molecule has 1 aliphatic carbocycles. The molecule has 0 radical (unpaired) electrons. The molecule has 1 saturated heterocycles. The Bertz CT molecular complexity index is 1470. The summed E-state index contributed by atoms with van der Waals surface area (Å²) in [6, 6.07) is 0.850. The molecule has 0 spiro atoms. The predicted octanol–water partition coefficient (Wildman–Crippen LogP) is 2.76. The summed E-state index contributed by atoms with van der Waals surface area (Å²) in [5.41, 5.74) is -3.26. The van der Waals surface area contributed by atoms with Gasteiger partial charge >= 0.3 is 6.18 Å². The fourth-order valence-electron chi connectivity index (χ4n) is 4.61. The number of amides is 1. The van der Waals surface area contributed by atoms with Crippen LogP contribution < -0.4 is 15.6 Å². The first-order valence-electron chi connectivity index (χ1n) is 11.6. The number of aromatic nitrogens is 2. The molecule has 1 unspecified atom stereocenters. The number of β-amino-alcohol motifs (C(OH)–C–C–N with tert-alkyl or cyclic N) is 1. The number of carbonyl (C=O) groups excluding carboxylic acids is 1. The van der Waals surface area contributed by atoms with Gasteiger partial charge in [-0.25, -0.2) is 18.2 Å². The Balaban J connectivity index is 1.70. The summed E-state index contributed by atoms with van der Waals surface area (Å²) in [6.07, 6.45) is -5.79. The summed E-state index contributed by atoms with van der Waals surface area (Å²) >= 11 is 0. The van der Waals surface area contributed by atoms with Crippen molar-refractivity contribution in [2.24, 2.45) is 5.92 Å². The number of aliphatic hydroxyl groups excluding tert-OH is 2. The number of halogens is 6. The zero-order chi connectivity index (χ0) is 27.5. The highest BCUT2D eigenvalue weighted by atomic mass is 19.4. The van der Waals surface area contributed by atoms with Crippen molar-refractivity contribution in [3.8, 4) is 5.69 Å². The number of benzene rings is 1. The van der Waals surface area contributed by atoms with Crippen LogP contribution in [-0.4, -0.2) is 56.8 Å². The molecule has 1 aliphatic heterocycles. The van der Waals surface area contributed by atoms with Crippen molar-refractivity contribution in [3.63, 3.8) is 0 Å². The molecular weight excluding hydrogens is 522 g/mol. The van der Waals surface area contributed by atoms with Gasteiger partial charge in [-0.15, -0.1) is 0 Å². The average Bonchev–Trinajstić information content (AvgIpc) is 3.59. The molecule has 3 atom stereocenters. The Kier molecular flexibility index (Phi) is 6.34. The molecule has 1 saturated carbocycles. The van der Waals surface area contributed by atoms with Gasteiger partial charge in [-0.2, -0.15) is 13.2 Å². The van der Waals surface area contributed by atoms with E-state index in [4.69, 9.17) is 0 Å². The molecule has 1 amide bonds. The number of anilines is 1. The molecule has 8 nitrogen and oxygen atoms in total. The lowest BCUT2D eigenvalue weighted by atomic mass is 10.1. The van der Waals surface area contributed by atoms with Crippen LogP contribution in [0, 0.1) is 23.4 Å². The maximum absolute atomic E-state index is 14.8. The molecule has 3 heterocycles. The third kappa shape index (κ3) is 4.69. The second kappa shape index (κ2) is 9.27. The highest BCUT2D eigenvalue weighted by molar-refractivity contribution is 5.97. The van der Waals surface area contributed by atoms with Gasteiger partial charge in [-0.3, -0.25) is 14.2 Å². The van der Waals surface area contributed by atoms with Crippen LogP contribution in [-0.2, 0) is 0 Å². The Labute approximate surface area is 210 Å². The zero-order valence-electron chi connectivity index (χ0n) is 19.3. The van der Waals surface area contributed by atoms with Gasteiger partial charge in [-0.05, 0) is 30.9 Å². The van der Waals surface area contributed by atoms with Gasteiger partial charge in [0.15, 0.2) is 17.3 Å². The first-order chi connectivity index (χ1) is 17.8. The van der Waals surface area contributed by atoms with E-state index in [1.54, 1.807) is 0 Å². The molecule has 3 N–H and O–H groups in total. The standard InChI is InChI=1S/C24H20F6N4O4/c25-11-5-15(26)19(16(27)6-11)34-9-14(23(38)32-21(10-1-2-10)24(28,29)30)20(37)13-3-4-17(31-22(13)34)33-8-12(35)7-18(33)36/h3-6,9-10,12,18,21,35-36H,1-2,7-8H2,(H,32,38)/t12-,18?,21-/m0/s1. The molecule has 2 aliphatic rings. The molecule has 5 rings (SSSR count). The smallest absolute Gasteiger partial charge is 0.391 e. The highest BCUT2D eigenvalue weighted by Gasteiger charge is 2.50. The van der Waals surface area contributed by atoms with E-state index in [1.807, 2.05) is 5.32 Å². The normalized spacial score (nSPS) is 20.7. The maximum atomic E-state index is 14.8.